The Hall–Kier alpha value is -1.87. The number of benzene rings is 1. The maximum Gasteiger partial charge on any atom is 0.316 e. The summed E-state index contributed by atoms with van der Waals surface area (Å²) < 4.78 is 5.07. The zero-order chi connectivity index (χ0) is 15.4. The summed E-state index contributed by atoms with van der Waals surface area (Å²) in [6.07, 6.45) is 10.6. The molecule has 1 N–H and O–H groups in total. The Labute approximate surface area is 132 Å². The van der Waals surface area contributed by atoms with E-state index in [1.54, 1.807) is 0 Å². The second-order valence-corrected chi connectivity index (χ2v) is 6.18. The van der Waals surface area contributed by atoms with Gasteiger partial charge in [0, 0.05) is 12.6 Å². The molecule has 1 fully saturated rings. The van der Waals surface area contributed by atoms with Crippen LogP contribution in [0.1, 0.15) is 31.2 Å². The second-order valence-electron chi connectivity index (χ2n) is 6.18. The van der Waals surface area contributed by atoms with Crippen molar-refractivity contribution in [2.24, 2.45) is 0 Å². The summed E-state index contributed by atoms with van der Waals surface area (Å²) in [4.78, 5) is 12.3. The van der Waals surface area contributed by atoms with Gasteiger partial charge < -0.3 is 10.1 Å². The van der Waals surface area contributed by atoms with Gasteiger partial charge >= 0.3 is 5.97 Å². The van der Waals surface area contributed by atoms with Crippen LogP contribution in [0, 0.1) is 0 Å². The first-order chi connectivity index (χ1) is 10.7. The number of esters is 1. The van der Waals surface area contributed by atoms with Gasteiger partial charge in [0.2, 0.25) is 0 Å². The molecule has 0 spiro atoms. The Balaban J connectivity index is 1.63. The fraction of sp³-hybridized carbons (Fsp3) is 0.421. The van der Waals surface area contributed by atoms with Crippen molar-refractivity contribution in [3.63, 3.8) is 0 Å². The molecule has 0 unspecified atom stereocenters. The maximum absolute atomic E-state index is 12.3. The summed E-state index contributed by atoms with van der Waals surface area (Å²) in [5.41, 5.74) is 1.95. The smallest absolute Gasteiger partial charge is 0.316 e. The molecule has 2 aliphatic carbocycles. The fourth-order valence-corrected chi connectivity index (χ4v) is 3.46. The van der Waals surface area contributed by atoms with Crippen molar-refractivity contribution < 1.29 is 9.53 Å². The number of allylic oxidation sites excluding steroid dienone is 2. The highest BCUT2D eigenvalue weighted by Gasteiger charge is 2.52. The molecule has 2 aliphatic rings. The zero-order valence-electron chi connectivity index (χ0n) is 13.0. The third-order valence-corrected chi connectivity index (χ3v) is 4.76. The first-order valence-corrected chi connectivity index (χ1v) is 7.97. The first kappa shape index (κ1) is 15.0. The van der Waals surface area contributed by atoms with Crippen molar-refractivity contribution in [2.75, 3.05) is 13.7 Å². The summed E-state index contributed by atoms with van der Waals surface area (Å²) in [6, 6.07) is 10.4. The third kappa shape index (κ3) is 2.86. The Morgan fingerprint density at radius 3 is 2.68 bits per heavy atom. The van der Waals surface area contributed by atoms with Gasteiger partial charge in [0.1, 0.15) is 0 Å². The van der Waals surface area contributed by atoms with E-state index in [0.717, 1.165) is 37.8 Å². The molecule has 0 amide bonds. The van der Waals surface area contributed by atoms with Gasteiger partial charge in [-0.25, -0.2) is 0 Å². The van der Waals surface area contributed by atoms with Crippen molar-refractivity contribution in [2.45, 2.75) is 37.1 Å². The highest BCUT2D eigenvalue weighted by molar-refractivity contribution is 5.84. The van der Waals surface area contributed by atoms with Crippen molar-refractivity contribution in [1.82, 2.24) is 5.32 Å². The number of methoxy groups -OCH3 is 1. The second kappa shape index (κ2) is 6.49. The zero-order valence-corrected chi connectivity index (χ0v) is 13.0. The lowest BCUT2D eigenvalue weighted by Gasteiger charge is -2.46. The highest BCUT2D eigenvalue weighted by atomic mass is 16.5. The minimum Gasteiger partial charge on any atom is -0.468 e. The molecule has 1 saturated carbocycles. The summed E-state index contributed by atoms with van der Waals surface area (Å²) in [7, 11) is 1.48. The summed E-state index contributed by atoms with van der Waals surface area (Å²) in [5.74, 6) is -0.117. The van der Waals surface area contributed by atoms with Crippen molar-refractivity contribution >= 4 is 5.97 Å². The van der Waals surface area contributed by atoms with Gasteiger partial charge in [-0.2, -0.15) is 0 Å². The quantitative estimate of drug-likeness (QED) is 0.849. The van der Waals surface area contributed by atoms with E-state index in [4.69, 9.17) is 4.74 Å². The lowest BCUT2D eigenvalue weighted by Crippen LogP contribution is -2.56. The molecule has 0 aromatic heterocycles. The number of ether oxygens (including phenoxy) is 1. The largest absolute Gasteiger partial charge is 0.468 e. The average Bonchev–Trinajstić information content (AvgIpc) is 2.55. The molecule has 0 radical (unpaired) electrons. The van der Waals surface area contributed by atoms with Crippen LogP contribution in [0.3, 0.4) is 0 Å². The SMILES string of the molecule is COC(=O)C1(c2ccccc2)CC(NCC2=CCCC=C2)C1. The molecular formula is C19H23NO2. The highest BCUT2D eigenvalue weighted by Crippen LogP contribution is 2.44. The van der Waals surface area contributed by atoms with Crippen molar-refractivity contribution in [3.05, 3.63) is 59.7 Å². The van der Waals surface area contributed by atoms with Gasteiger partial charge in [-0.15, -0.1) is 0 Å². The van der Waals surface area contributed by atoms with E-state index in [1.165, 1.54) is 12.7 Å². The maximum atomic E-state index is 12.3. The Kier molecular flexibility index (Phi) is 4.44. The summed E-state index contributed by atoms with van der Waals surface area (Å²) in [6.45, 7) is 0.882. The summed E-state index contributed by atoms with van der Waals surface area (Å²) >= 11 is 0. The van der Waals surface area contributed by atoms with Gasteiger partial charge in [-0.1, -0.05) is 48.6 Å². The van der Waals surface area contributed by atoms with Crippen LogP contribution in [0.15, 0.2) is 54.1 Å². The molecule has 3 heteroatoms. The van der Waals surface area contributed by atoms with Crippen molar-refractivity contribution in [3.8, 4) is 0 Å². The predicted molar refractivity (Wildman–Crippen MR) is 87.6 cm³/mol. The molecule has 0 bridgehead atoms. The van der Waals surface area contributed by atoms with Gasteiger partial charge in [0.25, 0.3) is 0 Å². The molecule has 0 saturated heterocycles. The lowest BCUT2D eigenvalue weighted by atomic mass is 9.61. The topological polar surface area (TPSA) is 38.3 Å². The number of hydrogen-bond donors (Lipinski definition) is 1. The van der Waals surface area contributed by atoms with Crippen LogP contribution in [-0.2, 0) is 14.9 Å². The number of rotatable bonds is 5. The molecule has 1 aromatic rings. The van der Waals surface area contributed by atoms with Gasteiger partial charge in [0.15, 0.2) is 0 Å². The average molecular weight is 297 g/mol. The number of carbonyl (C=O) groups excluding carboxylic acids is 1. The minimum absolute atomic E-state index is 0.117. The molecule has 0 aliphatic heterocycles. The predicted octanol–water partition coefficient (Wildman–Crippen LogP) is 3.13. The lowest BCUT2D eigenvalue weighted by molar-refractivity contribution is -0.152. The van der Waals surface area contributed by atoms with E-state index in [1.807, 2.05) is 30.3 Å². The molecule has 0 heterocycles. The third-order valence-electron chi connectivity index (χ3n) is 4.76. The van der Waals surface area contributed by atoms with Crippen LogP contribution >= 0.6 is 0 Å². The number of nitrogens with one attached hydrogen (secondary N) is 1. The van der Waals surface area contributed by atoms with Gasteiger partial charge in [0.05, 0.1) is 12.5 Å². The standard InChI is InChI=1S/C19H23NO2/c1-22-18(21)19(16-10-6-3-7-11-16)12-17(13-19)20-14-15-8-4-2-5-9-15/h3-4,6-11,17,20H,2,5,12-14H2,1H3. The van der Waals surface area contributed by atoms with Crippen LogP contribution in [0.25, 0.3) is 0 Å². The number of hydrogen-bond acceptors (Lipinski definition) is 3. The van der Waals surface area contributed by atoms with Crippen LogP contribution in [0.4, 0.5) is 0 Å². The fourth-order valence-electron chi connectivity index (χ4n) is 3.46. The first-order valence-electron chi connectivity index (χ1n) is 7.97. The van der Waals surface area contributed by atoms with E-state index < -0.39 is 5.41 Å². The minimum atomic E-state index is -0.468. The van der Waals surface area contributed by atoms with Crippen LogP contribution in [0.5, 0.6) is 0 Å². The van der Waals surface area contributed by atoms with Crippen molar-refractivity contribution in [1.29, 1.82) is 0 Å². The molecule has 1 aromatic carbocycles. The van der Waals surface area contributed by atoms with Crippen LogP contribution in [0.2, 0.25) is 0 Å². The van der Waals surface area contributed by atoms with E-state index in [2.05, 4.69) is 23.5 Å². The monoisotopic (exact) mass is 297 g/mol. The van der Waals surface area contributed by atoms with E-state index in [9.17, 15) is 4.79 Å². The molecule has 0 atom stereocenters. The molecule has 116 valence electrons. The number of carbonyl (C=O) groups is 1. The van der Waals surface area contributed by atoms with Crippen LogP contribution in [-0.4, -0.2) is 25.7 Å². The summed E-state index contributed by atoms with van der Waals surface area (Å²) in [5, 5.41) is 3.56. The Bertz CT molecular complexity index is 583. The van der Waals surface area contributed by atoms with Crippen LogP contribution < -0.4 is 5.32 Å². The van der Waals surface area contributed by atoms with E-state index in [-0.39, 0.29) is 5.97 Å². The Morgan fingerprint density at radius 1 is 1.27 bits per heavy atom. The molecule has 22 heavy (non-hydrogen) atoms. The van der Waals surface area contributed by atoms with E-state index in [0.29, 0.717) is 6.04 Å². The Morgan fingerprint density at radius 2 is 2.05 bits per heavy atom. The van der Waals surface area contributed by atoms with Gasteiger partial charge in [-0.3, -0.25) is 4.79 Å². The normalized spacial score (nSPS) is 27.0. The van der Waals surface area contributed by atoms with E-state index >= 15 is 0 Å². The molecular weight excluding hydrogens is 274 g/mol. The van der Waals surface area contributed by atoms with Gasteiger partial charge in [-0.05, 0) is 36.8 Å². The molecule has 3 nitrogen and oxygen atoms in total. The molecule has 3 rings (SSSR count).